The van der Waals surface area contributed by atoms with Crippen LogP contribution in [0.4, 0.5) is 5.69 Å². The molecule has 0 aromatic heterocycles. The molecule has 0 fully saturated rings. The number of hydrogen-bond donors (Lipinski definition) is 3. The summed E-state index contributed by atoms with van der Waals surface area (Å²) in [6, 6.07) is 15.2. The van der Waals surface area contributed by atoms with Crippen molar-refractivity contribution >= 4 is 23.4 Å². The number of para-hydroxylation sites is 1. The molecule has 0 spiro atoms. The lowest BCUT2D eigenvalue weighted by atomic mass is 10.1. The molecule has 2 aromatic rings. The maximum Gasteiger partial charge on any atom is 0.251 e. The van der Waals surface area contributed by atoms with E-state index in [1.807, 2.05) is 6.07 Å². The summed E-state index contributed by atoms with van der Waals surface area (Å²) in [6.07, 6.45) is 0.0890. The Labute approximate surface area is 133 Å². The predicted octanol–water partition coefficient (Wildman–Crippen LogP) is 1.54. The molecule has 4 N–H and O–H groups in total. The fourth-order valence-corrected chi connectivity index (χ4v) is 2.00. The van der Waals surface area contributed by atoms with E-state index in [1.165, 1.54) is 6.07 Å². The third kappa shape index (κ3) is 4.67. The molecule has 0 radical (unpaired) electrons. The van der Waals surface area contributed by atoms with Crippen molar-refractivity contribution in [2.75, 3.05) is 11.9 Å². The summed E-state index contributed by atoms with van der Waals surface area (Å²) in [5.41, 5.74) is 6.39. The zero-order valence-corrected chi connectivity index (χ0v) is 12.4. The Morgan fingerprint density at radius 2 is 1.57 bits per heavy atom. The second kappa shape index (κ2) is 7.74. The number of carbonyl (C=O) groups is 3. The van der Waals surface area contributed by atoms with Gasteiger partial charge in [-0.25, -0.2) is 0 Å². The van der Waals surface area contributed by atoms with Crippen molar-refractivity contribution in [3.05, 3.63) is 65.7 Å². The molecular weight excluding hydrogens is 294 g/mol. The third-order valence-corrected chi connectivity index (χ3v) is 3.14. The van der Waals surface area contributed by atoms with Crippen LogP contribution >= 0.6 is 0 Å². The van der Waals surface area contributed by atoms with E-state index < -0.39 is 5.91 Å². The molecule has 0 atom stereocenters. The van der Waals surface area contributed by atoms with Crippen LogP contribution in [0.1, 0.15) is 27.1 Å². The van der Waals surface area contributed by atoms with Gasteiger partial charge in [-0.15, -0.1) is 0 Å². The molecule has 0 saturated carbocycles. The minimum atomic E-state index is -0.613. The Kier molecular flexibility index (Phi) is 5.46. The molecule has 6 heteroatoms. The van der Waals surface area contributed by atoms with E-state index in [9.17, 15) is 14.4 Å². The van der Waals surface area contributed by atoms with Crippen molar-refractivity contribution in [3.63, 3.8) is 0 Å². The first-order valence-electron chi connectivity index (χ1n) is 7.10. The minimum absolute atomic E-state index is 0.0890. The maximum absolute atomic E-state index is 11.9. The van der Waals surface area contributed by atoms with Crippen LogP contribution in [0.3, 0.4) is 0 Å². The van der Waals surface area contributed by atoms with Gasteiger partial charge in [0, 0.05) is 18.5 Å². The van der Waals surface area contributed by atoms with Gasteiger partial charge in [-0.2, -0.15) is 0 Å². The zero-order chi connectivity index (χ0) is 16.7. The number of anilines is 1. The van der Waals surface area contributed by atoms with Gasteiger partial charge in [0.05, 0.1) is 11.3 Å². The van der Waals surface area contributed by atoms with E-state index >= 15 is 0 Å². The van der Waals surface area contributed by atoms with Crippen molar-refractivity contribution in [1.82, 2.24) is 5.32 Å². The molecule has 0 aliphatic heterocycles. The lowest BCUT2D eigenvalue weighted by molar-refractivity contribution is -0.116. The van der Waals surface area contributed by atoms with E-state index in [2.05, 4.69) is 10.6 Å². The molecule has 0 bridgehead atoms. The summed E-state index contributed by atoms with van der Waals surface area (Å²) < 4.78 is 0. The van der Waals surface area contributed by atoms with Crippen molar-refractivity contribution in [2.45, 2.75) is 6.42 Å². The van der Waals surface area contributed by atoms with Crippen molar-refractivity contribution in [1.29, 1.82) is 0 Å². The van der Waals surface area contributed by atoms with Gasteiger partial charge < -0.3 is 16.4 Å². The highest BCUT2D eigenvalue weighted by Gasteiger charge is 2.10. The number of primary amides is 1. The smallest absolute Gasteiger partial charge is 0.251 e. The van der Waals surface area contributed by atoms with Gasteiger partial charge in [0.2, 0.25) is 5.91 Å². The number of nitrogens with two attached hydrogens (primary N) is 1. The van der Waals surface area contributed by atoms with Crippen LogP contribution in [0.5, 0.6) is 0 Å². The number of carbonyl (C=O) groups excluding carboxylic acids is 3. The summed E-state index contributed by atoms with van der Waals surface area (Å²) >= 11 is 0. The van der Waals surface area contributed by atoms with E-state index in [4.69, 9.17) is 5.73 Å². The summed E-state index contributed by atoms with van der Waals surface area (Å²) in [7, 11) is 0. The normalized spacial score (nSPS) is 9.91. The number of nitrogens with one attached hydrogen (secondary N) is 2. The van der Waals surface area contributed by atoms with Crippen LogP contribution in [-0.4, -0.2) is 24.3 Å². The minimum Gasteiger partial charge on any atom is -0.366 e. The van der Waals surface area contributed by atoms with Crippen LogP contribution < -0.4 is 16.4 Å². The summed E-state index contributed by atoms with van der Waals surface area (Å²) in [4.78, 5) is 35.0. The van der Waals surface area contributed by atoms with Crippen molar-refractivity contribution in [2.24, 2.45) is 5.73 Å². The zero-order valence-electron chi connectivity index (χ0n) is 12.4. The summed E-state index contributed by atoms with van der Waals surface area (Å²) in [5, 5.41) is 5.28. The second-order valence-corrected chi connectivity index (χ2v) is 4.83. The molecule has 6 nitrogen and oxygen atoms in total. The Hall–Kier alpha value is -3.15. The van der Waals surface area contributed by atoms with E-state index in [0.29, 0.717) is 11.3 Å². The quantitative estimate of drug-likeness (QED) is 0.754. The highest BCUT2D eigenvalue weighted by molar-refractivity contribution is 6.03. The lowest BCUT2D eigenvalue weighted by Gasteiger charge is -2.09. The van der Waals surface area contributed by atoms with Gasteiger partial charge in [0.25, 0.3) is 11.8 Å². The van der Waals surface area contributed by atoms with Crippen LogP contribution in [0.2, 0.25) is 0 Å². The average Bonchev–Trinajstić information content (AvgIpc) is 2.56. The Morgan fingerprint density at radius 1 is 0.913 bits per heavy atom. The third-order valence-electron chi connectivity index (χ3n) is 3.14. The first-order valence-corrected chi connectivity index (χ1v) is 7.10. The summed E-state index contributed by atoms with van der Waals surface area (Å²) in [6.45, 7) is 0.193. The molecule has 118 valence electrons. The fraction of sp³-hybridized carbons (Fsp3) is 0.118. The second-order valence-electron chi connectivity index (χ2n) is 4.83. The Balaban J connectivity index is 1.84. The first kappa shape index (κ1) is 16.2. The molecule has 0 aliphatic carbocycles. The largest absolute Gasteiger partial charge is 0.366 e. The van der Waals surface area contributed by atoms with Crippen LogP contribution in [0.25, 0.3) is 0 Å². The molecule has 0 unspecified atom stereocenters. The predicted molar refractivity (Wildman–Crippen MR) is 87.0 cm³/mol. The van der Waals surface area contributed by atoms with Gasteiger partial charge in [-0.3, -0.25) is 14.4 Å². The Bertz CT molecular complexity index is 714. The number of amides is 3. The van der Waals surface area contributed by atoms with Crippen LogP contribution in [-0.2, 0) is 4.79 Å². The fourth-order valence-electron chi connectivity index (χ4n) is 2.00. The molecule has 0 aliphatic rings. The molecule has 0 saturated heterocycles. The number of hydrogen-bond acceptors (Lipinski definition) is 3. The molecule has 2 rings (SSSR count). The van der Waals surface area contributed by atoms with Gasteiger partial charge in [0.15, 0.2) is 0 Å². The van der Waals surface area contributed by atoms with Gasteiger partial charge >= 0.3 is 0 Å². The first-order chi connectivity index (χ1) is 11.1. The molecule has 2 aromatic carbocycles. The number of benzene rings is 2. The lowest BCUT2D eigenvalue weighted by Crippen LogP contribution is -2.28. The summed E-state index contributed by atoms with van der Waals surface area (Å²) in [5.74, 6) is -1.17. The van der Waals surface area contributed by atoms with Gasteiger partial charge in [-0.05, 0) is 24.3 Å². The van der Waals surface area contributed by atoms with Crippen molar-refractivity contribution < 1.29 is 14.4 Å². The number of rotatable bonds is 6. The standard InChI is InChI=1S/C17H17N3O3/c18-16(22)13-8-4-5-9-14(13)20-15(21)10-11-19-17(23)12-6-2-1-3-7-12/h1-9H,10-11H2,(H2,18,22)(H,19,23)(H,20,21). The van der Waals surface area contributed by atoms with Gasteiger partial charge in [-0.1, -0.05) is 30.3 Å². The van der Waals surface area contributed by atoms with Crippen LogP contribution in [0, 0.1) is 0 Å². The SMILES string of the molecule is NC(=O)c1ccccc1NC(=O)CCNC(=O)c1ccccc1. The Morgan fingerprint density at radius 3 is 2.26 bits per heavy atom. The van der Waals surface area contributed by atoms with E-state index in [1.54, 1.807) is 42.5 Å². The highest BCUT2D eigenvalue weighted by Crippen LogP contribution is 2.14. The topological polar surface area (TPSA) is 101 Å². The van der Waals surface area contributed by atoms with Crippen LogP contribution in [0.15, 0.2) is 54.6 Å². The molecule has 23 heavy (non-hydrogen) atoms. The molecule has 0 heterocycles. The molecular formula is C17H17N3O3. The highest BCUT2D eigenvalue weighted by atomic mass is 16.2. The van der Waals surface area contributed by atoms with E-state index in [0.717, 1.165) is 0 Å². The maximum atomic E-state index is 11.9. The van der Waals surface area contributed by atoms with Gasteiger partial charge in [0.1, 0.15) is 0 Å². The monoisotopic (exact) mass is 311 g/mol. The average molecular weight is 311 g/mol. The van der Waals surface area contributed by atoms with E-state index in [-0.39, 0.29) is 30.3 Å². The molecule has 3 amide bonds. The van der Waals surface area contributed by atoms with Crippen molar-refractivity contribution in [3.8, 4) is 0 Å².